The molecule has 12 heavy (non-hydrogen) atoms. The van der Waals surface area contributed by atoms with E-state index in [2.05, 4.69) is 20.8 Å². The van der Waals surface area contributed by atoms with Crippen LogP contribution in [0.2, 0.25) is 0 Å². The van der Waals surface area contributed by atoms with Crippen LogP contribution in [0, 0.1) is 17.8 Å². The van der Waals surface area contributed by atoms with Crippen molar-refractivity contribution in [3.05, 3.63) is 0 Å². The highest BCUT2D eigenvalue weighted by Crippen LogP contribution is 2.35. The lowest BCUT2D eigenvalue weighted by atomic mass is 9.74. The molecule has 72 valence electrons. The van der Waals surface area contributed by atoms with Crippen molar-refractivity contribution in [3.63, 3.8) is 0 Å². The Balaban J connectivity index is 2.36. The van der Waals surface area contributed by atoms with Crippen LogP contribution < -0.4 is 0 Å². The monoisotopic (exact) mass is 168 g/mol. The highest BCUT2D eigenvalue weighted by Gasteiger charge is 2.23. The van der Waals surface area contributed by atoms with Gasteiger partial charge < -0.3 is 0 Å². The molecule has 0 spiro atoms. The molecular formula is C12H24. The first-order chi connectivity index (χ1) is 5.74. The van der Waals surface area contributed by atoms with Crippen molar-refractivity contribution in [2.24, 2.45) is 17.8 Å². The van der Waals surface area contributed by atoms with E-state index >= 15 is 0 Å². The second kappa shape index (κ2) is 4.89. The SMILES string of the molecule is CC[C@H]1CCCC[C@H]1CC(C)C. The molecule has 0 N–H and O–H groups in total. The smallest absolute Gasteiger partial charge is 0.0384 e. The van der Waals surface area contributed by atoms with E-state index in [0.29, 0.717) is 0 Å². The van der Waals surface area contributed by atoms with Gasteiger partial charge in [0.1, 0.15) is 0 Å². The third kappa shape index (κ3) is 2.80. The molecule has 0 aromatic carbocycles. The molecule has 0 nitrogen and oxygen atoms in total. The average molecular weight is 168 g/mol. The Bertz CT molecular complexity index is 115. The standard InChI is InChI=1S/C12H24/c1-4-11-7-5-6-8-12(11)9-10(2)3/h10-12H,4-9H2,1-3H3/t11-,12-/m0/s1. The first kappa shape index (κ1) is 10.1. The number of hydrogen-bond donors (Lipinski definition) is 0. The lowest BCUT2D eigenvalue weighted by Gasteiger charge is -2.32. The van der Waals surface area contributed by atoms with Crippen molar-refractivity contribution in [2.45, 2.75) is 59.3 Å². The van der Waals surface area contributed by atoms with E-state index in [1.807, 2.05) is 0 Å². The van der Waals surface area contributed by atoms with E-state index in [0.717, 1.165) is 17.8 Å². The Labute approximate surface area is 77.7 Å². The van der Waals surface area contributed by atoms with E-state index in [-0.39, 0.29) is 0 Å². The first-order valence-corrected chi connectivity index (χ1v) is 5.74. The second-order valence-electron chi connectivity index (χ2n) is 4.84. The summed E-state index contributed by atoms with van der Waals surface area (Å²) in [7, 11) is 0. The summed E-state index contributed by atoms with van der Waals surface area (Å²) in [5, 5.41) is 0. The van der Waals surface area contributed by atoms with Gasteiger partial charge in [-0.05, 0) is 24.2 Å². The molecule has 1 rings (SSSR count). The van der Waals surface area contributed by atoms with Gasteiger partial charge in [-0.3, -0.25) is 0 Å². The number of rotatable bonds is 3. The van der Waals surface area contributed by atoms with Crippen molar-refractivity contribution in [3.8, 4) is 0 Å². The average Bonchev–Trinajstić information content (AvgIpc) is 2.04. The molecule has 0 aromatic rings. The van der Waals surface area contributed by atoms with Gasteiger partial charge in [-0.1, -0.05) is 52.9 Å². The van der Waals surface area contributed by atoms with Crippen molar-refractivity contribution >= 4 is 0 Å². The first-order valence-electron chi connectivity index (χ1n) is 5.74. The van der Waals surface area contributed by atoms with Gasteiger partial charge in [-0.15, -0.1) is 0 Å². The van der Waals surface area contributed by atoms with Gasteiger partial charge in [0, 0.05) is 0 Å². The largest absolute Gasteiger partial charge is 0.0651 e. The molecule has 0 unspecified atom stereocenters. The summed E-state index contributed by atoms with van der Waals surface area (Å²) >= 11 is 0. The minimum atomic E-state index is 0.905. The van der Waals surface area contributed by atoms with E-state index in [4.69, 9.17) is 0 Å². The molecule has 1 aliphatic carbocycles. The fourth-order valence-electron chi connectivity index (χ4n) is 2.74. The lowest BCUT2D eigenvalue weighted by molar-refractivity contribution is 0.199. The van der Waals surface area contributed by atoms with Crippen LogP contribution in [-0.2, 0) is 0 Å². The summed E-state index contributed by atoms with van der Waals surface area (Å²) in [5.41, 5.74) is 0. The molecule has 1 saturated carbocycles. The summed E-state index contributed by atoms with van der Waals surface area (Å²) in [6.45, 7) is 7.09. The zero-order valence-electron chi connectivity index (χ0n) is 8.97. The zero-order valence-corrected chi connectivity index (χ0v) is 8.97. The molecule has 0 aliphatic heterocycles. The Morgan fingerprint density at radius 3 is 2.17 bits per heavy atom. The third-order valence-corrected chi connectivity index (χ3v) is 3.37. The maximum Gasteiger partial charge on any atom is -0.0384 e. The van der Waals surface area contributed by atoms with Crippen LogP contribution in [0.15, 0.2) is 0 Å². The van der Waals surface area contributed by atoms with Crippen LogP contribution in [0.5, 0.6) is 0 Å². The summed E-state index contributed by atoms with van der Waals surface area (Å²) in [5.74, 6) is 3.02. The van der Waals surface area contributed by atoms with E-state index in [1.165, 1.54) is 38.5 Å². The third-order valence-electron chi connectivity index (χ3n) is 3.37. The molecular weight excluding hydrogens is 144 g/mol. The van der Waals surface area contributed by atoms with Crippen LogP contribution in [-0.4, -0.2) is 0 Å². The maximum absolute atomic E-state index is 2.36. The maximum atomic E-state index is 2.36. The predicted octanol–water partition coefficient (Wildman–Crippen LogP) is 4.25. The zero-order chi connectivity index (χ0) is 8.97. The van der Waals surface area contributed by atoms with Gasteiger partial charge in [-0.25, -0.2) is 0 Å². The van der Waals surface area contributed by atoms with Gasteiger partial charge in [0.15, 0.2) is 0 Å². The summed E-state index contributed by atoms with van der Waals surface area (Å²) in [4.78, 5) is 0. The Morgan fingerprint density at radius 1 is 1.08 bits per heavy atom. The minimum absolute atomic E-state index is 0.905. The molecule has 0 heteroatoms. The van der Waals surface area contributed by atoms with Gasteiger partial charge in [-0.2, -0.15) is 0 Å². The molecule has 1 aliphatic rings. The molecule has 0 radical (unpaired) electrons. The van der Waals surface area contributed by atoms with Crippen LogP contribution in [0.1, 0.15) is 59.3 Å². The summed E-state index contributed by atoms with van der Waals surface area (Å²) in [6.07, 6.45) is 8.89. The van der Waals surface area contributed by atoms with E-state index < -0.39 is 0 Å². The molecule has 0 heterocycles. The van der Waals surface area contributed by atoms with E-state index in [9.17, 15) is 0 Å². The van der Waals surface area contributed by atoms with Gasteiger partial charge in [0.05, 0.1) is 0 Å². The highest BCUT2D eigenvalue weighted by molar-refractivity contribution is 4.75. The van der Waals surface area contributed by atoms with Crippen molar-refractivity contribution in [1.82, 2.24) is 0 Å². The van der Waals surface area contributed by atoms with Crippen molar-refractivity contribution in [1.29, 1.82) is 0 Å². The minimum Gasteiger partial charge on any atom is -0.0651 e. The molecule has 0 bridgehead atoms. The lowest BCUT2D eigenvalue weighted by Crippen LogP contribution is -2.20. The fraction of sp³-hybridized carbons (Fsp3) is 1.00. The Hall–Kier alpha value is 0. The summed E-state index contributed by atoms with van der Waals surface area (Å²) in [6, 6.07) is 0. The van der Waals surface area contributed by atoms with Gasteiger partial charge in [0.25, 0.3) is 0 Å². The molecule has 0 amide bonds. The fourth-order valence-corrected chi connectivity index (χ4v) is 2.74. The van der Waals surface area contributed by atoms with Crippen LogP contribution in [0.4, 0.5) is 0 Å². The van der Waals surface area contributed by atoms with Crippen LogP contribution in [0.25, 0.3) is 0 Å². The van der Waals surface area contributed by atoms with E-state index in [1.54, 1.807) is 0 Å². The Kier molecular flexibility index (Phi) is 4.11. The quantitative estimate of drug-likeness (QED) is 0.591. The molecule has 0 aromatic heterocycles. The van der Waals surface area contributed by atoms with Gasteiger partial charge in [0.2, 0.25) is 0 Å². The second-order valence-corrected chi connectivity index (χ2v) is 4.84. The normalized spacial score (nSPS) is 31.0. The molecule has 0 saturated heterocycles. The molecule has 1 fully saturated rings. The topological polar surface area (TPSA) is 0 Å². The van der Waals surface area contributed by atoms with Gasteiger partial charge >= 0.3 is 0 Å². The highest BCUT2D eigenvalue weighted by atomic mass is 14.3. The van der Waals surface area contributed by atoms with Crippen molar-refractivity contribution < 1.29 is 0 Å². The van der Waals surface area contributed by atoms with Crippen LogP contribution >= 0.6 is 0 Å². The molecule has 2 atom stereocenters. The predicted molar refractivity (Wildman–Crippen MR) is 55.2 cm³/mol. The van der Waals surface area contributed by atoms with Crippen molar-refractivity contribution in [2.75, 3.05) is 0 Å². The van der Waals surface area contributed by atoms with Crippen LogP contribution in [0.3, 0.4) is 0 Å². The number of hydrogen-bond acceptors (Lipinski definition) is 0. The summed E-state index contributed by atoms with van der Waals surface area (Å²) < 4.78 is 0. The Morgan fingerprint density at radius 2 is 1.67 bits per heavy atom.